The first-order valence-electron chi connectivity index (χ1n) is 7.63. The van der Waals surface area contributed by atoms with E-state index in [9.17, 15) is 4.79 Å². The summed E-state index contributed by atoms with van der Waals surface area (Å²) in [5, 5.41) is 3.01. The number of thioether (sulfide) groups is 1. The fourth-order valence-corrected chi connectivity index (χ4v) is 3.85. The van der Waals surface area contributed by atoms with Crippen LogP contribution in [0, 0.1) is 0 Å². The molecule has 1 aromatic carbocycles. The molecule has 1 fully saturated rings. The lowest BCUT2D eigenvalue weighted by atomic mass is 9.99. The molecule has 1 aliphatic rings. The Kier molecular flexibility index (Phi) is 5.25. The van der Waals surface area contributed by atoms with Crippen LogP contribution < -0.4 is 5.32 Å². The molecular formula is C17H19N3O2S. The predicted molar refractivity (Wildman–Crippen MR) is 89.4 cm³/mol. The fraction of sp³-hybridized carbons (Fsp3) is 0.353. The molecule has 1 amide bonds. The van der Waals surface area contributed by atoms with Crippen molar-refractivity contribution in [3.05, 3.63) is 54.6 Å². The number of hydrogen-bond donors (Lipinski definition) is 1. The van der Waals surface area contributed by atoms with Gasteiger partial charge in [-0.2, -0.15) is 0 Å². The van der Waals surface area contributed by atoms with E-state index in [0.29, 0.717) is 12.2 Å². The van der Waals surface area contributed by atoms with Gasteiger partial charge in [-0.15, -0.1) is 11.8 Å². The number of nitrogens with one attached hydrogen (secondary N) is 1. The molecule has 5 nitrogen and oxygen atoms in total. The van der Waals surface area contributed by atoms with Gasteiger partial charge in [0.25, 0.3) is 5.91 Å². The third kappa shape index (κ3) is 4.30. The number of amides is 1. The Bertz CT molecular complexity index is 631. The molecule has 0 atom stereocenters. The van der Waals surface area contributed by atoms with Crippen LogP contribution in [0.2, 0.25) is 0 Å². The largest absolute Gasteiger partial charge is 0.381 e. The van der Waals surface area contributed by atoms with Gasteiger partial charge in [-0.25, -0.2) is 4.98 Å². The van der Waals surface area contributed by atoms with Gasteiger partial charge >= 0.3 is 0 Å². The Morgan fingerprint density at radius 1 is 1.22 bits per heavy atom. The average Bonchev–Trinajstić information content (AvgIpc) is 2.62. The molecule has 0 bridgehead atoms. The standard InChI is InChI=1S/C17H19N3O2S/c21-16(15-12-18-8-9-19-15)20-13-17(6-10-22-11-7-17)23-14-4-2-1-3-5-14/h1-5,8-9,12H,6-7,10-11,13H2,(H,20,21). The average molecular weight is 329 g/mol. The number of hydrogen-bond acceptors (Lipinski definition) is 5. The van der Waals surface area contributed by atoms with Crippen LogP contribution in [-0.2, 0) is 4.74 Å². The third-order valence-electron chi connectivity index (χ3n) is 3.85. The SMILES string of the molecule is O=C(NCC1(Sc2ccccc2)CCOCC1)c1cnccn1. The second-order valence-electron chi connectivity index (χ2n) is 5.48. The van der Waals surface area contributed by atoms with Crippen LogP contribution in [0.25, 0.3) is 0 Å². The summed E-state index contributed by atoms with van der Waals surface area (Å²) in [5.74, 6) is -0.183. The molecule has 1 saturated heterocycles. The van der Waals surface area contributed by atoms with Crippen LogP contribution >= 0.6 is 11.8 Å². The molecule has 2 heterocycles. The van der Waals surface area contributed by atoms with Crippen molar-refractivity contribution in [1.82, 2.24) is 15.3 Å². The van der Waals surface area contributed by atoms with Crippen LogP contribution in [0.1, 0.15) is 23.3 Å². The van der Waals surface area contributed by atoms with E-state index < -0.39 is 0 Å². The molecule has 6 heteroatoms. The second kappa shape index (κ2) is 7.57. The van der Waals surface area contributed by atoms with E-state index >= 15 is 0 Å². The lowest BCUT2D eigenvalue weighted by Gasteiger charge is -2.36. The molecule has 1 aromatic heterocycles. The summed E-state index contributed by atoms with van der Waals surface area (Å²) in [5.41, 5.74) is 0.347. The first kappa shape index (κ1) is 16.0. The first-order valence-corrected chi connectivity index (χ1v) is 8.45. The molecule has 1 aliphatic heterocycles. The normalized spacial score (nSPS) is 16.7. The van der Waals surface area contributed by atoms with Crippen molar-refractivity contribution >= 4 is 17.7 Å². The van der Waals surface area contributed by atoms with Gasteiger partial charge < -0.3 is 10.1 Å². The van der Waals surface area contributed by atoms with E-state index in [2.05, 4.69) is 27.4 Å². The number of rotatable bonds is 5. The third-order valence-corrected chi connectivity index (χ3v) is 5.34. The van der Waals surface area contributed by atoms with Crippen LogP contribution in [0.4, 0.5) is 0 Å². The quantitative estimate of drug-likeness (QED) is 0.913. The Morgan fingerprint density at radius 3 is 2.70 bits per heavy atom. The second-order valence-corrected chi connectivity index (χ2v) is 7.03. The highest BCUT2D eigenvalue weighted by atomic mass is 32.2. The van der Waals surface area contributed by atoms with Gasteiger partial charge in [-0.1, -0.05) is 18.2 Å². The fourth-order valence-electron chi connectivity index (χ4n) is 2.55. The Labute approximate surface area is 139 Å². The number of carbonyl (C=O) groups excluding carboxylic acids is 1. The molecule has 120 valence electrons. The van der Waals surface area contributed by atoms with Crippen molar-refractivity contribution in [2.75, 3.05) is 19.8 Å². The Balaban J connectivity index is 1.68. The van der Waals surface area contributed by atoms with Gasteiger partial charge in [0, 0.05) is 41.8 Å². The summed E-state index contributed by atoms with van der Waals surface area (Å²) < 4.78 is 5.46. The maximum Gasteiger partial charge on any atom is 0.271 e. The first-order chi connectivity index (χ1) is 11.3. The smallest absolute Gasteiger partial charge is 0.271 e. The summed E-state index contributed by atoms with van der Waals surface area (Å²) in [6.45, 7) is 2.03. The van der Waals surface area contributed by atoms with Gasteiger partial charge in [0.15, 0.2) is 0 Å². The highest BCUT2D eigenvalue weighted by Gasteiger charge is 2.34. The monoisotopic (exact) mass is 329 g/mol. The topological polar surface area (TPSA) is 64.1 Å². The lowest BCUT2D eigenvalue weighted by Crippen LogP contribution is -2.44. The molecule has 0 aliphatic carbocycles. The van der Waals surface area contributed by atoms with E-state index in [0.717, 1.165) is 26.1 Å². The summed E-state index contributed by atoms with van der Waals surface area (Å²) in [7, 11) is 0. The maximum atomic E-state index is 12.2. The van der Waals surface area contributed by atoms with E-state index in [1.807, 2.05) is 30.0 Å². The van der Waals surface area contributed by atoms with E-state index in [1.165, 1.54) is 17.3 Å². The minimum Gasteiger partial charge on any atom is -0.381 e. The van der Waals surface area contributed by atoms with Gasteiger partial charge in [0.1, 0.15) is 5.69 Å². The van der Waals surface area contributed by atoms with Gasteiger partial charge in [-0.3, -0.25) is 9.78 Å². The minimum atomic E-state index is -0.183. The molecule has 0 spiro atoms. The van der Waals surface area contributed by atoms with Gasteiger partial charge in [-0.05, 0) is 25.0 Å². The number of nitrogens with zero attached hydrogens (tertiary/aromatic N) is 2. The maximum absolute atomic E-state index is 12.2. The van der Waals surface area contributed by atoms with Gasteiger partial charge in [0.05, 0.1) is 6.20 Å². The van der Waals surface area contributed by atoms with Crippen LogP contribution in [0.3, 0.4) is 0 Å². The molecule has 0 radical (unpaired) electrons. The van der Waals surface area contributed by atoms with Crippen molar-refractivity contribution in [3.8, 4) is 0 Å². The Hall–Kier alpha value is -1.92. The zero-order valence-corrected chi connectivity index (χ0v) is 13.6. The number of carbonyl (C=O) groups is 1. The molecule has 23 heavy (non-hydrogen) atoms. The van der Waals surface area contributed by atoms with Crippen molar-refractivity contribution in [2.24, 2.45) is 0 Å². The molecule has 0 saturated carbocycles. The number of benzene rings is 1. The summed E-state index contributed by atoms with van der Waals surface area (Å²) >= 11 is 1.82. The molecule has 1 N–H and O–H groups in total. The van der Waals surface area contributed by atoms with Crippen LogP contribution in [0.15, 0.2) is 53.8 Å². The summed E-state index contributed by atoms with van der Waals surface area (Å²) in [6.07, 6.45) is 6.39. The summed E-state index contributed by atoms with van der Waals surface area (Å²) in [4.78, 5) is 21.4. The van der Waals surface area contributed by atoms with Crippen molar-refractivity contribution in [1.29, 1.82) is 0 Å². The molecule has 3 rings (SSSR count). The van der Waals surface area contributed by atoms with Crippen molar-refractivity contribution in [2.45, 2.75) is 22.5 Å². The molecule has 2 aromatic rings. The number of ether oxygens (including phenoxy) is 1. The zero-order chi connectivity index (χ0) is 16.0. The lowest BCUT2D eigenvalue weighted by molar-refractivity contribution is 0.0740. The molecular weight excluding hydrogens is 310 g/mol. The van der Waals surface area contributed by atoms with Crippen LogP contribution in [-0.4, -0.2) is 40.4 Å². The predicted octanol–water partition coefficient (Wildman–Crippen LogP) is 2.55. The van der Waals surface area contributed by atoms with Crippen molar-refractivity contribution < 1.29 is 9.53 Å². The minimum absolute atomic E-state index is 0.0442. The van der Waals surface area contributed by atoms with E-state index in [1.54, 1.807) is 6.20 Å². The molecule has 0 unspecified atom stereocenters. The van der Waals surface area contributed by atoms with E-state index in [4.69, 9.17) is 4.74 Å². The summed E-state index contributed by atoms with van der Waals surface area (Å²) in [6, 6.07) is 10.3. The van der Waals surface area contributed by atoms with Crippen molar-refractivity contribution in [3.63, 3.8) is 0 Å². The van der Waals surface area contributed by atoms with Gasteiger partial charge in [0.2, 0.25) is 0 Å². The zero-order valence-electron chi connectivity index (χ0n) is 12.8. The Morgan fingerprint density at radius 2 is 2.00 bits per heavy atom. The highest BCUT2D eigenvalue weighted by molar-refractivity contribution is 8.00. The van der Waals surface area contributed by atoms with Crippen LogP contribution in [0.5, 0.6) is 0 Å². The highest BCUT2D eigenvalue weighted by Crippen LogP contribution is 2.40. The van der Waals surface area contributed by atoms with E-state index in [-0.39, 0.29) is 10.7 Å². The number of aromatic nitrogens is 2.